The van der Waals surface area contributed by atoms with Crippen molar-refractivity contribution in [1.82, 2.24) is 15.6 Å². The van der Waals surface area contributed by atoms with Gasteiger partial charge in [-0.3, -0.25) is 4.99 Å². The number of nitrogens with zero attached hydrogens (tertiary/aromatic N) is 2. The monoisotopic (exact) mass is 354 g/mol. The molecule has 2 N–H and O–H groups in total. The first-order valence-corrected chi connectivity index (χ1v) is 9.46. The van der Waals surface area contributed by atoms with Crippen molar-refractivity contribution in [2.24, 2.45) is 4.99 Å². The van der Waals surface area contributed by atoms with E-state index in [1.54, 1.807) is 18.4 Å². The Kier molecular flexibility index (Phi) is 7.45. The molecular weight excluding hydrogens is 324 g/mol. The number of guanidine groups is 1. The fourth-order valence-electron chi connectivity index (χ4n) is 2.30. The highest BCUT2D eigenvalue weighted by molar-refractivity contribution is 7.09. The van der Waals surface area contributed by atoms with E-state index in [1.807, 2.05) is 0 Å². The first kappa shape index (κ1) is 19.1. The summed E-state index contributed by atoms with van der Waals surface area (Å²) in [6.07, 6.45) is 2.24. The summed E-state index contributed by atoms with van der Waals surface area (Å²) in [5.74, 6) is 0.796. The molecule has 136 valence electrons. The predicted octanol–water partition coefficient (Wildman–Crippen LogP) is 2.30. The summed E-state index contributed by atoms with van der Waals surface area (Å²) in [4.78, 5) is 8.93. The third-order valence-corrected chi connectivity index (χ3v) is 5.03. The van der Waals surface area contributed by atoms with Gasteiger partial charge in [-0.25, -0.2) is 4.98 Å². The van der Waals surface area contributed by atoms with Gasteiger partial charge in [0.2, 0.25) is 0 Å². The molecule has 1 aliphatic heterocycles. The molecule has 2 rings (SSSR count). The van der Waals surface area contributed by atoms with Crippen molar-refractivity contribution in [3.8, 4) is 0 Å². The molecule has 1 unspecified atom stereocenters. The maximum Gasteiger partial charge on any atom is 0.191 e. The molecule has 7 heteroatoms. The van der Waals surface area contributed by atoms with E-state index in [0.717, 1.165) is 55.9 Å². The van der Waals surface area contributed by atoms with E-state index in [0.29, 0.717) is 6.54 Å². The average molecular weight is 355 g/mol. The number of ether oxygens (including phenoxy) is 2. The van der Waals surface area contributed by atoms with Crippen LogP contribution in [0.2, 0.25) is 0 Å². The molecule has 0 radical (unpaired) electrons. The second kappa shape index (κ2) is 9.34. The van der Waals surface area contributed by atoms with Gasteiger partial charge in [0.1, 0.15) is 0 Å². The van der Waals surface area contributed by atoms with Gasteiger partial charge < -0.3 is 20.1 Å². The molecular formula is C17H30N4O2S. The third kappa shape index (κ3) is 6.37. The highest BCUT2D eigenvalue weighted by atomic mass is 32.1. The molecule has 0 aromatic carbocycles. The fourth-order valence-corrected chi connectivity index (χ4v) is 3.21. The lowest BCUT2D eigenvalue weighted by Gasteiger charge is -2.14. The van der Waals surface area contributed by atoms with Gasteiger partial charge in [-0.2, -0.15) is 0 Å². The summed E-state index contributed by atoms with van der Waals surface area (Å²) in [6, 6.07) is 0. The summed E-state index contributed by atoms with van der Waals surface area (Å²) in [7, 11) is 1.78. The first-order chi connectivity index (χ1) is 11.5. The lowest BCUT2D eigenvalue weighted by atomic mass is 9.98. The van der Waals surface area contributed by atoms with Gasteiger partial charge in [0.15, 0.2) is 5.96 Å². The van der Waals surface area contributed by atoms with Crippen LogP contribution in [0.25, 0.3) is 0 Å². The first-order valence-electron chi connectivity index (χ1n) is 8.58. The molecule has 1 aromatic heterocycles. The van der Waals surface area contributed by atoms with Gasteiger partial charge in [-0.05, 0) is 12.8 Å². The molecule has 0 aliphatic carbocycles. The minimum absolute atomic E-state index is 0.104. The number of aromatic nitrogens is 1. The molecule has 1 atom stereocenters. The maximum atomic E-state index is 5.75. The van der Waals surface area contributed by atoms with Crippen LogP contribution in [0.5, 0.6) is 0 Å². The van der Waals surface area contributed by atoms with Crippen molar-refractivity contribution in [2.45, 2.75) is 51.7 Å². The number of thiazole rings is 1. The number of hydrogen-bond donors (Lipinski definition) is 2. The van der Waals surface area contributed by atoms with Crippen LogP contribution in [0, 0.1) is 0 Å². The fraction of sp³-hybridized carbons (Fsp3) is 0.765. The number of aliphatic imine (C=N–C) groups is 1. The quantitative estimate of drug-likeness (QED) is 0.447. The second-order valence-electron chi connectivity index (χ2n) is 6.96. The van der Waals surface area contributed by atoms with E-state index in [-0.39, 0.29) is 11.5 Å². The van der Waals surface area contributed by atoms with E-state index in [9.17, 15) is 0 Å². The molecule has 0 saturated carbocycles. The Labute approximate surface area is 149 Å². The Morgan fingerprint density at radius 1 is 1.46 bits per heavy atom. The largest absolute Gasteiger partial charge is 0.379 e. The Bertz CT molecular complexity index is 519. The van der Waals surface area contributed by atoms with E-state index in [1.165, 1.54) is 0 Å². The summed E-state index contributed by atoms with van der Waals surface area (Å²) in [5.41, 5.74) is 1.16. The number of nitrogens with one attached hydrogen (secondary N) is 2. The zero-order valence-electron chi connectivity index (χ0n) is 15.2. The van der Waals surface area contributed by atoms with Crippen LogP contribution in [-0.4, -0.2) is 50.5 Å². The van der Waals surface area contributed by atoms with E-state index in [4.69, 9.17) is 9.47 Å². The number of hydrogen-bond acceptors (Lipinski definition) is 5. The normalized spacial score (nSPS) is 18.8. The molecule has 1 fully saturated rings. The molecule has 0 amide bonds. The van der Waals surface area contributed by atoms with E-state index >= 15 is 0 Å². The van der Waals surface area contributed by atoms with Crippen LogP contribution in [0.4, 0.5) is 0 Å². The smallest absolute Gasteiger partial charge is 0.191 e. The van der Waals surface area contributed by atoms with Crippen LogP contribution in [0.3, 0.4) is 0 Å². The lowest BCUT2D eigenvalue weighted by Crippen LogP contribution is -2.37. The van der Waals surface area contributed by atoms with Crippen LogP contribution >= 0.6 is 11.3 Å². The molecule has 0 spiro atoms. The Morgan fingerprint density at radius 3 is 2.92 bits per heavy atom. The van der Waals surface area contributed by atoms with Crippen molar-refractivity contribution < 1.29 is 9.47 Å². The van der Waals surface area contributed by atoms with Gasteiger partial charge in [0, 0.05) is 37.6 Å². The average Bonchev–Trinajstić information content (AvgIpc) is 3.20. The van der Waals surface area contributed by atoms with Crippen molar-refractivity contribution >= 4 is 17.3 Å². The summed E-state index contributed by atoms with van der Waals surface area (Å²) < 4.78 is 11.0. The summed E-state index contributed by atoms with van der Waals surface area (Å²) in [5, 5.41) is 9.88. The maximum absolute atomic E-state index is 5.75. The minimum atomic E-state index is 0.104. The van der Waals surface area contributed by atoms with Crippen molar-refractivity contribution in [2.75, 3.05) is 33.4 Å². The molecule has 1 saturated heterocycles. The highest BCUT2D eigenvalue weighted by Crippen LogP contribution is 2.25. The van der Waals surface area contributed by atoms with Gasteiger partial charge in [-0.15, -0.1) is 11.3 Å². The Balaban J connectivity index is 1.62. The molecule has 2 heterocycles. The summed E-state index contributed by atoms with van der Waals surface area (Å²) in [6.45, 7) is 10.4. The molecule has 1 aromatic rings. The van der Waals surface area contributed by atoms with Gasteiger partial charge >= 0.3 is 0 Å². The molecule has 1 aliphatic rings. The molecule has 24 heavy (non-hydrogen) atoms. The van der Waals surface area contributed by atoms with Crippen LogP contribution in [0.15, 0.2) is 10.4 Å². The van der Waals surface area contributed by atoms with Crippen LogP contribution in [0.1, 0.15) is 44.3 Å². The topological polar surface area (TPSA) is 67.8 Å². The molecule has 6 nitrogen and oxygen atoms in total. The Hall–Kier alpha value is -1.18. The van der Waals surface area contributed by atoms with Crippen LogP contribution in [-0.2, 0) is 21.4 Å². The minimum Gasteiger partial charge on any atom is -0.379 e. The van der Waals surface area contributed by atoms with Crippen molar-refractivity contribution in [1.29, 1.82) is 0 Å². The van der Waals surface area contributed by atoms with Gasteiger partial charge in [0.05, 0.1) is 30.0 Å². The van der Waals surface area contributed by atoms with Gasteiger partial charge in [-0.1, -0.05) is 20.8 Å². The molecule has 0 bridgehead atoms. The third-order valence-electron chi connectivity index (χ3n) is 3.71. The highest BCUT2D eigenvalue weighted by Gasteiger charge is 2.18. The second-order valence-corrected chi connectivity index (χ2v) is 7.81. The zero-order valence-corrected chi connectivity index (χ0v) is 16.0. The number of rotatable bonds is 7. The SMILES string of the molecule is CN=C(NCCCOC1CCOC1)NCc1csc(C(C)(C)C)n1. The summed E-state index contributed by atoms with van der Waals surface area (Å²) >= 11 is 1.71. The van der Waals surface area contributed by atoms with Crippen LogP contribution < -0.4 is 10.6 Å². The standard InChI is InChI=1S/C17H30N4O2S/c1-17(2,3)15-21-13(12-24-15)10-20-16(18-4)19-7-5-8-23-14-6-9-22-11-14/h12,14H,5-11H2,1-4H3,(H2,18,19,20). The zero-order chi connectivity index (χ0) is 17.4. The Morgan fingerprint density at radius 2 is 2.29 bits per heavy atom. The van der Waals surface area contributed by atoms with E-state index < -0.39 is 0 Å². The van der Waals surface area contributed by atoms with Crippen molar-refractivity contribution in [3.63, 3.8) is 0 Å². The van der Waals surface area contributed by atoms with E-state index in [2.05, 4.69) is 46.8 Å². The lowest BCUT2D eigenvalue weighted by molar-refractivity contribution is 0.0420. The van der Waals surface area contributed by atoms with Crippen molar-refractivity contribution in [3.05, 3.63) is 16.1 Å². The van der Waals surface area contributed by atoms with Gasteiger partial charge in [0.25, 0.3) is 0 Å². The predicted molar refractivity (Wildman–Crippen MR) is 98.8 cm³/mol.